The van der Waals surface area contributed by atoms with Crippen LogP contribution in [0.1, 0.15) is 70.3 Å². The molecule has 1 N–H and O–H groups in total. The van der Waals surface area contributed by atoms with Crippen molar-refractivity contribution in [2.75, 3.05) is 13.2 Å². The van der Waals surface area contributed by atoms with Gasteiger partial charge in [-0.05, 0) is 66.8 Å². The van der Waals surface area contributed by atoms with Crippen molar-refractivity contribution in [3.05, 3.63) is 35.9 Å². The molecule has 1 saturated carbocycles. The van der Waals surface area contributed by atoms with Gasteiger partial charge in [0.05, 0.1) is 13.2 Å². The molecule has 10 heteroatoms. The highest BCUT2D eigenvalue weighted by Crippen LogP contribution is 2.58. The van der Waals surface area contributed by atoms with Crippen molar-refractivity contribution >= 4 is 32.7 Å². The molecule has 2 fully saturated rings. The number of ether oxygens (including phenoxy) is 2. The predicted octanol–water partition coefficient (Wildman–Crippen LogP) is 7.34. The van der Waals surface area contributed by atoms with Gasteiger partial charge in [-0.2, -0.15) is 33.4 Å². The van der Waals surface area contributed by atoms with Crippen LogP contribution in [0, 0.1) is 0 Å². The Morgan fingerprint density at radius 1 is 1.00 bits per heavy atom. The van der Waals surface area contributed by atoms with Crippen LogP contribution in [0.4, 0.5) is 13.2 Å². The van der Waals surface area contributed by atoms with E-state index < -0.39 is 15.6 Å². The molecule has 0 radical (unpaired) electrons. The zero-order valence-electron chi connectivity index (χ0n) is 20.0. The number of alkyl halides is 3. The van der Waals surface area contributed by atoms with E-state index in [1.54, 1.807) is 0 Å². The Kier molecular flexibility index (Phi) is 9.62. The summed E-state index contributed by atoms with van der Waals surface area (Å²) in [6, 6.07) is 11.1. The topological polar surface area (TPSA) is 72.8 Å². The van der Waals surface area contributed by atoms with E-state index in [2.05, 4.69) is 55.9 Å². The SMILES string of the molecule is CCCCOc1ccc2c(OCCCC)ccc(C3CCCC4SC43)c2c1.O=S(=O)(O)C(F)(F)F. The molecule has 2 aromatic rings. The van der Waals surface area contributed by atoms with E-state index in [4.69, 9.17) is 22.4 Å². The first-order valence-corrected chi connectivity index (χ1v) is 14.5. The third kappa shape index (κ3) is 7.43. The number of halogens is 3. The van der Waals surface area contributed by atoms with Crippen LogP contribution in [-0.4, -0.2) is 42.2 Å². The molecule has 4 rings (SSSR count). The number of rotatable bonds is 9. The van der Waals surface area contributed by atoms with Crippen molar-refractivity contribution < 1.29 is 35.6 Å². The van der Waals surface area contributed by atoms with Gasteiger partial charge in [0.2, 0.25) is 0 Å². The average Bonchev–Trinajstić information content (AvgIpc) is 3.59. The molecule has 3 unspecified atom stereocenters. The normalized spacial score (nSPS) is 21.6. The second-order valence-corrected chi connectivity index (χ2v) is 11.7. The summed E-state index contributed by atoms with van der Waals surface area (Å²) in [7, 11) is -5.84. The number of unbranched alkanes of at least 4 members (excludes halogenated alkanes) is 2. The molecule has 1 aliphatic heterocycles. The molecule has 1 heterocycles. The second kappa shape index (κ2) is 12.1. The van der Waals surface area contributed by atoms with Crippen molar-refractivity contribution in [1.82, 2.24) is 0 Å². The summed E-state index contributed by atoms with van der Waals surface area (Å²) in [5.74, 6) is 2.71. The van der Waals surface area contributed by atoms with Crippen LogP contribution in [-0.2, 0) is 10.1 Å². The maximum Gasteiger partial charge on any atom is 0.522 e. The van der Waals surface area contributed by atoms with Gasteiger partial charge in [-0.15, -0.1) is 0 Å². The van der Waals surface area contributed by atoms with Gasteiger partial charge in [0.25, 0.3) is 0 Å². The van der Waals surface area contributed by atoms with E-state index in [0.29, 0.717) is 5.92 Å². The van der Waals surface area contributed by atoms with Crippen molar-refractivity contribution in [3.8, 4) is 11.5 Å². The van der Waals surface area contributed by atoms with Crippen molar-refractivity contribution in [2.24, 2.45) is 0 Å². The molecule has 2 aliphatic rings. The van der Waals surface area contributed by atoms with Crippen LogP contribution in [0.25, 0.3) is 10.8 Å². The maximum atomic E-state index is 10.7. The Bertz CT molecular complexity index is 1090. The number of hydrogen-bond acceptors (Lipinski definition) is 5. The van der Waals surface area contributed by atoms with E-state index in [-0.39, 0.29) is 0 Å². The molecular formula is C25H33F3O5S2. The first kappa shape index (κ1) is 27.9. The van der Waals surface area contributed by atoms with Crippen LogP contribution in [0.3, 0.4) is 0 Å². The van der Waals surface area contributed by atoms with Gasteiger partial charge in [-0.25, -0.2) is 0 Å². The van der Waals surface area contributed by atoms with Gasteiger partial charge in [0.15, 0.2) is 0 Å². The lowest BCUT2D eigenvalue weighted by molar-refractivity contribution is -0.0510. The Morgan fingerprint density at radius 2 is 1.66 bits per heavy atom. The lowest BCUT2D eigenvalue weighted by Gasteiger charge is -2.23. The highest BCUT2D eigenvalue weighted by Gasteiger charge is 2.47. The molecule has 3 atom stereocenters. The predicted molar refractivity (Wildman–Crippen MR) is 134 cm³/mol. The minimum atomic E-state index is -5.84. The second-order valence-electron chi connectivity index (χ2n) is 8.86. The highest BCUT2D eigenvalue weighted by molar-refractivity contribution is 8.07. The summed E-state index contributed by atoms with van der Waals surface area (Å²) in [4.78, 5) is 0. The van der Waals surface area contributed by atoms with E-state index in [0.717, 1.165) is 60.9 Å². The van der Waals surface area contributed by atoms with Crippen LogP contribution >= 0.6 is 11.8 Å². The van der Waals surface area contributed by atoms with E-state index in [9.17, 15) is 13.2 Å². The summed E-state index contributed by atoms with van der Waals surface area (Å²) in [6.07, 6.45) is 8.62. The zero-order chi connectivity index (χ0) is 25.6. The highest BCUT2D eigenvalue weighted by atomic mass is 32.2. The number of thioether (sulfide) groups is 1. The van der Waals surface area contributed by atoms with E-state index in [1.807, 2.05) is 0 Å². The fourth-order valence-corrected chi connectivity index (χ4v) is 5.71. The lowest BCUT2D eigenvalue weighted by Crippen LogP contribution is -2.21. The first-order valence-electron chi connectivity index (χ1n) is 12.1. The number of fused-ring (bicyclic) bond motifs is 2. The molecule has 1 aliphatic carbocycles. The Morgan fingerprint density at radius 3 is 2.29 bits per heavy atom. The molecule has 0 bridgehead atoms. The molecule has 0 amide bonds. The molecule has 2 aromatic carbocycles. The number of hydrogen-bond donors (Lipinski definition) is 1. The third-order valence-electron chi connectivity index (χ3n) is 6.22. The average molecular weight is 535 g/mol. The Hall–Kier alpha value is -1.65. The zero-order valence-corrected chi connectivity index (χ0v) is 21.6. The maximum absolute atomic E-state index is 10.7. The molecule has 196 valence electrons. The van der Waals surface area contributed by atoms with Gasteiger partial charge in [0, 0.05) is 15.9 Å². The summed E-state index contributed by atoms with van der Waals surface area (Å²) < 4.78 is 69.7. The molecule has 35 heavy (non-hydrogen) atoms. The van der Waals surface area contributed by atoms with Gasteiger partial charge in [0.1, 0.15) is 11.5 Å². The van der Waals surface area contributed by atoms with Gasteiger partial charge in [-0.3, -0.25) is 4.55 Å². The lowest BCUT2D eigenvalue weighted by atomic mass is 9.82. The molecule has 0 aromatic heterocycles. The summed E-state index contributed by atoms with van der Waals surface area (Å²) in [6.45, 7) is 6.00. The van der Waals surface area contributed by atoms with Crippen molar-refractivity contribution in [2.45, 2.75) is 80.7 Å². The van der Waals surface area contributed by atoms with Crippen LogP contribution in [0.2, 0.25) is 0 Å². The Labute approximate surface area is 209 Å². The minimum Gasteiger partial charge on any atom is -0.494 e. The Balaban J connectivity index is 0.000000371. The third-order valence-corrected chi connectivity index (χ3v) is 8.34. The van der Waals surface area contributed by atoms with E-state index >= 15 is 0 Å². The van der Waals surface area contributed by atoms with Crippen molar-refractivity contribution in [1.29, 1.82) is 0 Å². The smallest absolute Gasteiger partial charge is 0.494 e. The number of benzene rings is 2. The van der Waals surface area contributed by atoms with Crippen molar-refractivity contribution in [3.63, 3.8) is 0 Å². The van der Waals surface area contributed by atoms with Crippen LogP contribution in [0.15, 0.2) is 30.3 Å². The van der Waals surface area contributed by atoms with Crippen LogP contribution in [0.5, 0.6) is 11.5 Å². The molecule has 5 nitrogen and oxygen atoms in total. The summed E-state index contributed by atoms with van der Waals surface area (Å²) >= 11 is 2.19. The molecular weight excluding hydrogens is 501 g/mol. The largest absolute Gasteiger partial charge is 0.522 e. The minimum absolute atomic E-state index is 0.687. The van der Waals surface area contributed by atoms with Crippen LogP contribution < -0.4 is 9.47 Å². The fourth-order valence-electron chi connectivity index (χ4n) is 4.30. The van der Waals surface area contributed by atoms with E-state index in [1.165, 1.54) is 35.6 Å². The summed E-state index contributed by atoms with van der Waals surface area (Å²) in [5.41, 5.74) is -4.03. The quantitative estimate of drug-likeness (QED) is 0.157. The monoisotopic (exact) mass is 534 g/mol. The fraction of sp³-hybridized carbons (Fsp3) is 0.600. The first-order chi connectivity index (χ1) is 16.6. The van der Waals surface area contributed by atoms with Gasteiger partial charge in [-0.1, -0.05) is 39.2 Å². The molecule has 1 saturated heterocycles. The molecule has 0 spiro atoms. The summed E-state index contributed by atoms with van der Waals surface area (Å²) in [5, 5.41) is 4.33. The van der Waals surface area contributed by atoms with Gasteiger partial charge >= 0.3 is 15.6 Å². The standard InChI is InChI=1S/C24H32O2S.CHF3O3S/c1-3-5-14-25-17-10-11-19-21(16-17)18(12-13-22(19)26-15-6-4-2)20-8-7-9-23-24(20)27-23;2-1(3,4)8(5,6)7/h10-13,16,20,23-24H,3-9,14-15H2,1-2H3;(H,5,6,7). The van der Waals surface area contributed by atoms with Gasteiger partial charge < -0.3 is 9.47 Å².